The molecule has 0 spiro atoms. The van der Waals surface area contributed by atoms with Crippen LogP contribution in [0.5, 0.6) is 0 Å². The summed E-state index contributed by atoms with van der Waals surface area (Å²) in [4.78, 5) is 0. The van der Waals surface area contributed by atoms with Crippen LogP contribution in [0.1, 0.15) is 0 Å². The topological polar surface area (TPSA) is 12.4 Å². The monoisotopic (exact) mass is 329 g/mol. The van der Waals surface area contributed by atoms with Crippen LogP contribution >= 0.6 is 0 Å². The summed E-state index contributed by atoms with van der Waals surface area (Å²) in [5.74, 6) is 0. The van der Waals surface area contributed by atoms with E-state index in [-0.39, 0.29) is 0 Å². The zero-order valence-electron chi connectivity index (χ0n) is 15.5. The van der Waals surface area contributed by atoms with E-state index in [2.05, 4.69) is 85.6 Å². The fourth-order valence-electron chi connectivity index (χ4n) is 4.25. The van der Waals surface area contributed by atoms with Gasteiger partial charge in [0, 0.05) is 0 Å². The van der Waals surface area contributed by atoms with E-state index in [0.29, 0.717) is 4.18 Å². The molecule has 0 rings (SSSR count). The van der Waals surface area contributed by atoms with Crippen molar-refractivity contribution in [2.75, 3.05) is 0 Å². The minimum atomic E-state index is -1.37. The van der Waals surface area contributed by atoms with E-state index in [1.165, 1.54) is 0 Å². The predicted molar refractivity (Wildman–Crippen MR) is 104 cm³/mol. The molecule has 0 aromatic heterocycles. The molecule has 0 aliphatic rings. The summed E-state index contributed by atoms with van der Waals surface area (Å²) < 4.78 is 5.63. The molecule has 0 fully saturated rings. The minimum absolute atomic E-state index is 0.479. The Kier molecular flexibility index (Phi) is 5.71. The van der Waals surface area contributed by atoms with Crippen molar-refractivity contribution in [3.63, 3.8) is 0 Å². The Morgan fingerprint density at radius 1 is 0.579 bits per heavy atom. The van der Waals surface area contributed by atoms with E-state index in [0.717, 1.165) is 0 Å². The molecule has 6 heteroatoms. The summed E-state index contributed by atoms with van der Waals surface area (Å²) in [5.41, 5.74) is 0. The van der Waals surface area contributed by atoms with Gasteiger partial charge in [0.1, 0.15) is 0 Å². The van der Waals surface area contributed by atoms with Gasteiger partial charge in [0.2, 0.25) is 0 Å². The van der Waals surface area contributed by atoms with Gasteiger partial charge in [-0.3, -0.25) is 0 Å². The fraction of sp³-hybridized carbons (Fsp3) is 1.00. The standard InChI is InChI=1S/C13H36BNSi4/c1-16(2,3)13(17(4,5)6,18(7,8)9)14-15-19(10,11)12/h1-12H3. The average Bonchev–Trinajstić information content (AvgIpc) is 1.92. The average molecular weight is 330 g/mol. The first kappa shape index (κ1) is 19.7. The van der Waals surface area contributed by atoms with Crippen molar-refractivity contribution in [3.8, 4) is 0 Å². The van der Waals surface area contributed by atoms with Crippen LogP contribution in [0.4, 0.5) is 0 Å². The van der Waals surface area contributed by atoms with Crippen LogP contribution in [0, 0.1) is 0 Å². The van der Waals surface area contributed by atoms with Crippen molar-refractivity contribution in [3.05, 3.63) is 0 Å². The molecule has 0 aromatic rings. The zero-order chi connectivity index (χ0) is 15.9. The number of rotatable bonds is 5. The molecule has 0 aliphatic heterocycles. The van der Waals surface area contributed by atoms with Crippen LogP contribution < -0.4 is 0 Å². The second-order valence-electron chi connectivity index (χ2n) is 9.99. The molecule has 0 aliphatic carbocycles. The molecule has 0 unspecified atom stereocenters. The van der Waals surface area contributed by atoms with E-state index in [4.69, 9.17) is 4.56 Å². The molecule has 0 aromatic carbocycles. The Bertz CT molecular complexity index is 304. The molecule has 0 atom stereocenters. The van der Waals surface area contributed by atoms with E-state index >= 15 is 0 Å². The van der Waals surface area contributed by atoms with Gasteiger partial charge in [-0.1, -0.05) is 0 Å². The van der Waals surface area contributed by atoms with Crippen molar-refractivity contribution in [2.24, 2.45) is 4.56 Å². The van der Waals surface area contributed by atoms with Gasteiger partial charge < -0.3 is 0 Å². The quantitative estimate of drug-likeness (QED) is 0.591. The molecular weight excluding hydrogens is 293 g/mol. The van der Waals surface area contributed by atoms with Crippen molar-refractivity contribution in [1.82, 2.24) is 0 Å². The third-order valence-corrected chi connectivity index (χ3v) is 26.1. The molecule has 0 amide bonds. The van der Waals surface area contributed by atoms with Gasteiger partial charge in [0.05, 0.1) is 0 Å². The van der Waals surface area contributed by atoms with Crippen molar-refractivity contribution >= 4 is 39.5 Å². The maximum atomic E-state index is 5.15. The Balaban J connectivity index is 6.21. The third-order valence-electron chi connectivity index (χ3n) is 4.19. The van der Waals surface area contributed by atoms with Gasteiger partial charge in [-0.05, 0) is 0 Å². The summed E-state index contributed by atoms with van der Waals surface area (Å²) in [6.07, 6.45) is 0. The molecule has 0 heterocycles. The van der Waals surface area contributed by atoms with E-state index in [1.54, 1.807) is 0 Å². The van der Waals surface area contributed by atoms with Crippen molar-refractivity contribution in [2.45, 2.75) is 82.7 Å². The van der Waals surface area contributed by atoms with Gasteiger partial charge >= 0.3 is 127 Å². The van der Waals surface area contributed by atoms with E-state index in [9.17, 15) is 0 Å². The molecule has 0 bridgehead atoms. The maximum absolute atomic E-state index is 5.15. The molecule has 0 saturated heterocycles. The van der Waals surface area contributed by atoms with Crippen LogP contribution in [0.2, 0.25) is 82.7 Å². The summed E-state index contributed by atoms with van der Waals surface area (Å²) in [7, 11) is -2.78. The fourth-order valence-corrected chi connectivity index (χ4v) is 33.6. The molecular formula is C13H36BNSi4. The predicted octanol–water partition coefficient (Wildman–Crippen LogP) is 5.50. The molecule has 112 valence electrons. The molecule has 1 nitrogen and oxygen atoms in total. The van der Waals surface area contributed by atoms with Crippen LogP contribution in [-0.4, -0.2) is 39.5 Å². The van der Waals surface area contributed by atoms with Crippen molar-refractivity contribution in [1.29, 1.82) is 0 Å². The normalized spacial score (nSPS) is 15.8. The van der Waals surface area contributed by atoms with Gasteiger partial charge in [-0.2, -0.15) is 0 Å². The zero-order valence-corrected chi connectivity index (χ0v) is 19.5. The summed E-state index contributed by atoms with van der Waals surface area (Å²) >= 11 is 0. The molecule has 19 heavy (non-hydrogen) atoms. The summed E-state index contributed by atoms with van der Waals surface area (Å²) in [6, 6.07) is 0. The summed E-state index contributed by atoms with van der Waals surface area (Å²) in [6.45, 7) is 30.2. The van der Waals surface area contributed by atoms with Crippen molar-refractivity contribution < 1.29 is 0 Å². The Morgan fingerprint density at radius 3 is 1.00 bits per heavy atom. The molecule has 0 radical (unpaired) electrons. The SMILES string of the molecule is C[Si](C)(C)N=BC([Si](C)(C)C)([Si](C)(C)C)[Si](C)(C)C. The van der Waals surface area contributed by atoms with Crippen LogP contribution in [0.3, 0.4) is 0 Å². The van der Waals surface area contributed by atoms with Crippen LogP contribution in [0.15, 0.2) is 4.56 Å². The van der Waals surface area contributed by atoms with Gasteiger partial charge in [0.15, 0.2) is 0 Å². The molecule has 0 N–H and O–H groups in total. The second-order valence-corrected chi connectivity index (χ2v) is 32.0. The third kappa shape index (κ3) is 4.35. The van der Waals surface area contributed by atoms with E-state index < -0.39 is 32.5 Å². The first-order valence-corrected chi connectivity index (χ1v) is 21.5. The van der Waals surface area contributed by atoms with E-state index in [1.807, 2.05) is 0 Å². The van der Waals surface area contributed by atoms with Crippen LogP contribution in [-0.2, 0) is 0 Å². The van der Waals surface area contributed by atoms with Gasteiger partial charge in [-0.15, -0.1) is 0 Å². The number of hydrogen-bond donors (Lipinski definition) is 0. The Hall–Kier alpha value is 0.732. The van der Waals surface area contributed by atoms with Crippen LogP contribution in [0.25, 0.3) is 0 Å². The van der Waals surface area contributed by atoms with Gasteiger partial charge in [-0.25, -0.2) is 0 Å². The molecule has 0 saturated carbocycles. The number of nitrogens with zero attached hydrogens (tertiary/aromatic N) is 1. The van der Waals surface area contributed by atoms with Gasteiger partial charge in [0.25, 0.3) is 0 Å². The first-order valence-electron chi connectivity index (χ1n) is 7.52. The summed E-state index contributed by atoms with van der Waals surface area (Å²) in [5, 5.41) is 0. The number of hydrogen-bond acceptors (Lipinski definition) is 1. The Morgan fingerprint density at radius 2 is 0.842 bits per heavy atom. The first-order chi connectivity index (χ1) is 7.96. The second kappa shape index (κ2) is 5.50. The Labute approximate surface area is 127 Å².